The number of pyridine rings is 1. The number of nitrogens with zero attached hydrogens (tertiary/aromatic N) is 3. The van der Waals surface area contributed by atoms with Gasteiger partial charge in [-0.25, -0.2) is 9.67 Å². The standard InChI is InChI=1S/C10H12N4/c1-7-3-5-12-10(11)9(7)14-8(2)4-6-13-14/h3-6H,1-2H3,(H2,11,12). The Labute approximate surface area is 82.4 Å². The second-order valence-corrected chi connectivity index (χ2v) is 3.25. The summed E-state index contributed by atoms with van der Waals surface area (Å²) >= 11 is 0. The van der Waals surface area contributed by atoms with Crippen LogP contribution in [-0.4, -0.2) is 14.8 Å². The lowest BCUT2D eigenvalue weighted by Gasteiger charge is -2.09. The van der Waals surface area contributed by atoms with E-state index in [1.165, 1.54) is 0 Å². The van der Waals surface area contributed by atoms with Gasteiger partial charge in [-0.2, -0.15) is 5.10 Å². The summed E-state index contributed by atoms with van der Waals surface area (Å²) in [6.45, 7) is 3.98. The van der Waals surface area contributed by atoms with Gasteiger partial charge in [-0.05, 0) is 31.5 Å². The van der Waals surface area contributed by atoms with Gasteiger partial charge >= 0.3 is 0 Å². The van der Waals surface area contributed by atoms with Crippen LogP contribution in [0.1, 0.15) is 11.3 Å². The molecule has 0 unspecified atom stereocenters. The topological polar surface area (TPSA) is 56.7 Å². The fourth-order valence-electron chi connectivity index (χ4n) is 1.45. The fourth-order valence-corrected chi connectivity index (χ4v) is 1.45. The molecule has 72 valence electrons. The van der Waals surface area contributed by atoms with E-state index >= 15 is 0 Å². The Morgan fingerprint density at radius 1 is 1.21 bits per heavy atom. The molecule has 0 aliphatic rings. The Morgan fingerprint density at radius 3 is 2.57 bits per heavy atom. The average molecular weight is 188 g/mol. The van der Waals surface area contributed by atoms with Gasteiger partial charge in [-0.3, -0.25) is 0 Å². The highest BCUT2D eigenvalue weighted by molar-refractivity contribution is 5.56. The minimum atomic E-state index is 0.511. The predicted molar refractivity (Wildman–Crippen MR) is 55.2 cm³/mol. The second-order valence-electron chi connectivity index (χ2n) is 3.25. The maximum absolute atomic E-state index is 5.81. The zero-order chi connectivity index (χ0) is 10.1. The number of nitrogens with two attached hydrogens (primary N) is 1. The Morgan fingerprint density at radius 2 is 2.00 bits per heavy atom. The Balaban J connectivity index is 2.68. The van der Waals surface area contributed by atoms with Gasteiger partial charge in [-0.1, -0.05) is 0 Å². The summed E-state index contributed by atoms with van der Waals surface area (Å²) in [4.78, 5) is 4.05. The van der Waals surface area contributed by atoms with Crippen LogP contribution in [0.3, 0.4) is 0 Å². The summed E-state index contributed by atoms with van der Waals surface area (Å²) in [7, 11) is 0. The van der Waals surface area contributed by atoms with Crippen LogP contribution in [0.4, 0.5) is 5.82 Å². The smallest absolute Gasteiger partial charge is 0.149 e. The highest BCUT2D eigenvalue weighted by atomic mass is 15.3. The average Bonchev–Trinajstić information content (AvgIpc) is 2.52. The Kier molecular flexibility index (Phi) is 1.96. The molecule has 0 bridgehead atoms. The Hall–Kier alpha value is -1.84. The minimum absolute atomic E-state index is 0.511. The molecule has 2 aromatic rings. The molecule has 0 spiro atoms. The third-order valence-electron chi connectivity index (χ3n) is 2.20. The maximum Gasteiger partial charge on any atom is 0.149 e. The molecule has 4 nitrogen and oxygen atoms in total. The molecule has 0 aromatic carbocycles. The molecule has 0 saturated heterocycles. The maximum atomic E-state index is 5.81. The van der Waals surface area contributed by atoms with Crippen LogP contribution >= 0.6 is 0 Å². The van der Waals surface area contributed by atoms with Gasteiger partial charge in [0, 0.05) is 18.1 Å². The van der Waals surface area contributed by atoms with Gasteiger partial charge in [0.1, 0.15) is 11.5 Å². The number of rotatable bonds is 1. The third kappa shape index (κ3) is 1.25. The summed E-state index contributed by atoms with van der Waals surface area (Å²) in [6, 6.07) is 3.86. The van der Waals surface area contributed by atoms with Crippen molar-refractivity contribution in [1.82, 2.24) is 14.8 Å². The van der Waals surface area contributed by atoms with Crippen LogP contribution in [0.5, 0.6) is 0 Å². The molecule has 0 aliphatic carbocycles. The van der Waals surface area contributed by atoms with Crippen LogP contribution in [0.25, 0.3) is 5.69 Å². The van der Waals surface area contributed by atoms with E-state index in [4.69, 9.17) is 5.73 Å². The van der Waals surface area contributed by atoms with Crippen molar-refractivity contribution in [3.05, 3.63) is 35.8 Å². The van der Waals surface area contributed by atoms with E-state index in [-0.39, 0.29) is 0 Å². The third-order valence-corrected chi connectivity index (χ3v) is 2.20. The largest absolute Gasteiger partial charge is 0.382 e. The minimum Gasteiger partial charge on any atom is -0.382 e. The van der Waals surface area contributed by atoms with E-state index < -0.39 is 0 Å². The highest BCUT2D eigenvalue weighted by Crippen LogP contribution is 2.19. The first-order chi connectivity index (χ1) is 6.70. The van der Waals surface area contributed by atoms with Crippen LogP contribution in [0.15, 0.2) is 24.5 Å². The number of hydrogen-bond donors (Lipinski definition) is 1. The molecule has 2 N–H and O–H groups in total. The summed E-state index contributed by atoms with van der Waals surface area (Å²) in [5.74, 6) is 0.511. The molecule has 2 aromatic heterocycles. The van der Waals surface area contributed by atoms with Crippen LogP contribution in [-0.2, 0) is 0 Å². The normalized spacial score (nSPS) is 10.4. The summed E-state index contributed by atoms with van der Waals surface area (Å²) in [5.41, 5.74) is 8.80. The molecule has 0 radical (unpaired) electrons. The summed E-state index contributed by atoms with van der Waals surface area (Å²) in [5, 5.41) is 4.20. The van der Waals surface area contributed by atoms with Crippen molar-refractivity contribution in [2.75, 3.05) is 5.73 Å². The number of aryl methyl sites for hydroxylation is 2. The van der Waals surface area contributed by atoms with Gasteiger partial charge in [0.2, 0.25) is 0 Å². The molecule has 0 amide bonds. The second kappa shape index (κ2) is 3.14. The quantitative estimate of drug-likeness (QED) is 0.737. The van der Waals surface area contributed by atoms with E-state index in [2.05, 4.69) is 10.1 Å². The first-order valence-electron chi connectivity index (χ1n) is 4.42. The molecule has 0 aliphatic heterocycles. The highest BCUT2D eigenvalue weighted by Gasteiger charge is 2.08. The van der Waals surface area contributed by atoms with E-state index in [0.29, 0.717) is 5.82 Å². The van der Waals surface area contributed by atoms with Crippen molar-refractivity contribution in [3.8, 4) is 5.69 Å². The van der Waals surface area contributed by atoms with Crippen molar-refractivity contribution < 1.29 is 0 Å². The molecule has 0 atom stereocenters. The van der Waals surface area contributed by atoms with Crippen molar-refractivity contribution in [2.45, 2.75) is 13.8 Å². The zero-order valence-corrected chi connectivity index (χ0v) is 8.23. The zero-order valence-electron chi connectivity index (χ0n) is 8.23. The Bertz CT molecular complexity index is 439. The summed E-state index contributed by atoms with van der Waals surface area (Å²) in [6.07, 6.45) is 3.45. The number of anilines is 1. The van der Waals surface area contributed by atoms with E-state index in [1.54, 1.807) is 17.1 Å². The van der Waals surface area contributed by atoms with Crippen molar-refractivity contribution in [3.63, 3.8) is 0 Å². The van der Waals surface area contributed by atoms with E-state index in [9.17, 15) is 0 Å². The van der Waals surface area contributed by atoms with Gasteiger partial charge in [0.15, 0.2) is 0 Å². The lowest BCUT2D eigenvalue weighted by atomic mass is 10.2. The molecule has 4 heteroatoms. The monoisotopic (exact) mass is 188 g/mol. The number of nitrogen functional groups attached to an aromatic ring is 1. The predicted octanol–water partition coefficient (Wildman–Crippen LogP) is 1.47. The van der Waals surface area contributed by atoms with Gasteiger partial charge in [0.25, 0.3) is 0 Å². The van der Waals surface area contributed by atoms with Gasteiger partial charge < -0.3 is 5.73 Å². The van der Waals surface area contributed by atoms with Crippen molar-refractivity contribution in [2.24, 2.45) is 0 Å². The molecular weight excluding hydrogens is 176 g/mol. The lowest BCUT2D eigenvalue weighted by Crippen LogP contribution is -2.06. The SMILES string of the molecule is Cc1ccnc(N)c1-n1nccc1C. The van der Waals surface area contributed by atoms with Gasteiger partial charge in [0.05, 0.1) is 0 Å². The van der Waals surface area contributed by atoms with Crippen LogP contribution < -0.4 is 5.73 Å². The van der Waals surface area contributed by atoms with Crippen molar-refractivity contribution in [1.29, 1.82) is 0 Å². The molecular formula is C10H12N4. The molecule has 0 fully saturated rings. The van der Waals surface area contributed by atoms with Crippen LogP contribution in [0, 0.1) is 13.8 Å². The first-order valence-corrected chi connectivity index (χ1v) is 4.42. The van der Waals surface area contributed by atoms with E-state index in [1.807, 2.05) is 26.0 Å². The molecule has 2 heterocycles. The fraction of sp³-hybridized carbons (Fsp3) is 0.200. The first kappa shape index (κ1) is 8.74. The molecule has 14 heavy (non-hydrogen) atoms. The lowest BCUT2D eigenvalue weighted by molar-refractivity contribution is 0.838. The molecule has 2 rings (SSSR count). The van der Waals surface area contributed by atoms with Crippen LogP contribution in [0.2, 0.25) is 0 Å². The molecule has 0 saturated carbocycles. The van der Waals surface area contributed by atoms with Crippen molar-refractivity contribution >= 4 is 5.82 Å². The number of hydrogen-bond acceptors (Lipinski definition) is 3. The number of aromatic nitrogens is 3. The van der Waals surface area contributed by atoms with E-state index in [0.717, 1.165) is 16.9 Å². The summed E-state index contributed by atoms with van der Waals surface area (Å²) < 4.78 is 1.80. The van der Waals surface area contributed by atoms with Gasteiger partial charge in [-0.15, -0.1) is 0 Å².